The van der Waals surface area contributed by atoms with Crippen LogP contribution in [0.3, 0.4) is 0 Å². The van der Waals surface area contributed by atoms with Crippen molar-refractivity contribution in [3.63, 3.8) is 0 Å². The minimum Gasteiger partial charge on any atom is -0.316 e. The summed E-state index contributed by atoms with van der Waals surface area (Å²) in [5.41, 5.74) is -0.538. The lowest BCUT2D eigenvalue weighted by Gasteiger charge is -2.11. The molecule has 0 aliphatic carbocycles. The molecule has 3 aromatic rings. The number of hydrogen-bond donors (Lipinski definition) is 2. The maximum absolute atomic E-state index is 12.4. The Bertz CT molecular complexity index is 1240. The Kier molecular flexibility index (Phi) is 4.71. The molecule has 1 heterocycles. The molecule has 0 unspecified atom stereocenters. The number of H-pyrrole nitrogens is 1. The van der Waals surface area contributed by atoms with Crippen molar-refractivity contribution in [1.29, 1.82) is 5.26 Å². The molecule has 0 aliphatic heterocycles. The molecule has 0 fully saturated rings. The molecule has 2 N–H and O–H groups in total. The van der Waals surface area contributed by atoms with Crippen LogP contribution in [0.5, 0.6) is 0 Å². The number of rotatable bonds is 5. The highest BCUT2D eigenvalue weighted by molar-refractivity contribution is 7.89. The molecular weight excluding hydrogens is 356 g/mol. The summed E-state index contributed by atoms with van der Waals surface area (Å²) in [5, 5.41) is 9.04. The van der Waals surface area contributed by atoms with Gasteiger partial charge in [-0.2, -0.15) is 5.26 Å². The zero-order chi connectivity index (χ0) is 18.7. The molecule has 0 bridgehead atoms. The molecule has 0 saturated heterocycles. The Morgan fingerprint density at radius 2 is 1.77 bits per heavy atom. The first-order valence-corrected chi connectivity index (χ1v) is 9.13. The van der Waals surface area contributed by atoms with Crippen molar-refractivity contribution in [3.8, 4) is 6.07 Å². The van der Waals surface area contributed by atoms with Gasteiger partial charge in [0.25, 0.3) is 0 Å². The van der Waals surface area contributed by atoms with Gasteiger partial charge in [0.2, 0.25) is 10.0 Å². The first kappa shape index (κ1) is 17.6. The van der Waals surface area contributed by atoms with E-state index < -0.39 is 21.1 Å². The van der Waals surface area contributed by atoms with Crippen LogP contribution in [0.1, 0.15) is 5.56 Å². The summed E-state index contributed by atoms with van der Waals surface area (Å²) in [5.74, 6) is 0. The molecule has 132 valence electrons. The van der Waals surface area contributed by atoms with Gasteiger partial charge in [-0.15, -0.1) is 0 Å². The Morgan fingerprint density at radius 3 is 2.54 bits per heavy atom. The molecule has 0 radical (unpaired) electrons. The van der Waals surface area contributed by atoms with Gasteiger partial charge in [0.15, 0.2) is 0 Å². The molecule has 0 aliphatic rings. The number of nitrogens with one attached hydrogen (secondary N) is 2. The number of aromatic nitrogens is 2. The average Bonchev–Trinajstić information content (AvgIpc) is 2.64. The van der Waals surface area contributed by atoms with Gasteiger partial charge < -0.3 is 9.55 Å². The number of sulfonamides is 1. The van der Waals surface area contributed by atoms with Crippen LogP contribution in [0.2, 0.25) is 0 Å². The molecule has 8 nitrogen and oxygen atoms in total. The lowest BCUT2D eigenvalue weighted by molar-refractivity contribution is 0.572. The number of nitrogens with zero attached hydrogens (tertiary/aromatic N) is 2. The highest BCUT2D eigenvalue weighted by Gasteiger charge is 2.18. The fraction of sp³-hybridized carbons (Fsp3) is 0.118. The van der Waals surface area contributed by atoms with Crippen molar-refractivity contribution in [3.05, 3.63) is 74.8 Å². The van der Waals surface area contributed by atoms with E-state index in [-0.39, 0.29) is 23.5 Å². The van der Waals surface area contributed by atoms with E-state index in [1.807, 2.05) is 6.07 Å². The van der Waals surface area contributed by atoms with Crippen LogP contribution in [-0.2, 0) is 16.6 Å². The molecular formula is C17H14N4O4S. The number of benzene rings is 2. The normalized spacial score (nSPS) is 11.3. The predicted molar refractivity (Wildman–Crippen MR) is 95.2 cm³/mol. The van der Waals surface area contributed by atoms with E-state index >= 15 is 0 Å². The van der Waals surface area contributed by atoms with Gasteiger partial charge in [-0.1, -0.05) is 24.3 Å². The van der Waals surface area contributed by atoms with Gasteiger partial charge in [-0.05, 0) is 24.3 Å². The first-order valence-electron chi connectivity index (χ1n) is 7.65. The lowest BCUT2D eigenvalue weighted by Crippen LogP contribution is -2.39. The van der Waals surface area contributed by atoms with Gasteiger partial charge in [0, 0.05) is 13.1 Å². The number of nitriles is 1. The summed E-state index contributed by atoms with van der Waals surface area (Å²) in [6, 6.07) is 14.4. The number of aromatic amines is 1. The topological polar surface area (TPSA) is 125 Å². The summed E-state index contributed by atoms with van der Waals surface area (Å²) in [6.45, 7) is -0.146. The van der Waals surface area contributed by atoms with Crippen LogP contribution in [0.25, 0.3) is 11.0 Å². The van der Waals surface area contributed by atoms with Gasteiger partial charge >= 0.3 is 11.1 Å². The second kappa shape index (κ2) is 6.95. The summed E-state index contributed by atoms with van der Waals surface area (Å²) in [6.07, 6.45) is 0. The lowest BCUT2D eigenvalue weighted by atomic mass is 10.2. The van der Waals surface area contributed by atoms with E-state index in [1.54, 1.807) is 30.3 Å². The maximum Gasteiger partial charge on any atom is 0.316 e. The van der Waals surface area contributed by atoms with E-state index in [4.69, 9.17) is 5.26 Å². The zero-order valence-electron chi connectivity index (χ0n) is 13.5. The van der Waals surface area contributed by atoms with Crippen LogP contribution in [0, 0.1) is 11.3 Å². The molecule has 26 heavy (non-hydrogen) atoms. The highest BCUT2D eigenvalue weighted by Crippen LogP contribution is 2.14. The molecule has 2 aromatic carbocycles. The molecule has 0 saturated carbocycles. The molecule has 0 spiro atoms. The van der Waals surface area contributed by atoms with E-state index in [2.05, 4.69) is 9.71 Å². The Morgan fingerprint density at radius 1 is 1.08 bits per heavy atom. The van der Waals surface area contributed by atoms with Crippen LogP contribution in [0.15, 0.2) is 63.0 Å². The fourth-order valence-corrected chi connectivity index (χ4v) is 3.78. The molecule has 9 heteroatoms. The maximum atomic E-state index is 12.4. The van der Waals surface area contributed by atoms with Gasteiger partial charge in [-0.25, -0.2) is 13.1 Å². The van der Waals surface area contributed by atoms with Crippen molar-refractivity contribution in [2.45, 2.75) is 11.4 Å². The van der Waals surface area contributed by atoms with Gasteiger partial charge in [-0.3, -0.25) is 9.59 Å². The van der Waals surface area contributed by atoms with Crippen molar-refractivity contribution in [2.75, 3.05) is 6.54 Å². The second-order valence-electron chi connectivity index (χ2n) is 5.43. The van der Waals surface area contributed by atoms with E-state index in [1.165, 1.54) is 22.8 Å². The third-order valence-corrected chi connectivity index (χ3v) is 5.33. The smallest absolute Gasteiger partial charge is 0.316 e. The average molecular weight is 370 g/mol. The van der Waals surface area contributed by atoms with Crippen LogP contribution < -0.4 is 15.8 Å². The van der Waals surface area contributed by atoms with Crippen LogP contribution in [-0.4, -0.2) is 24.5 Å². The second-order valence-corrected chi connectivity index (χ2v) is 7.17. The molecule has 0 atom stereocenters. The van der Waals surface area contributed by atoms with Crippen molar-refractivity contribution < 1.29 is 8.42 Å². The summed E-state index contributed by atoms with van der Waals surface area (Å²) >= 11 is 0. The minimum atomic E-state index is -3.92. The van der Waals surface area contributed by atoms with Crippen LogP contribution >= 0.6 is 0 Å². The summed E-state index contributed by atoms with van der Waals surface area (Å²) in [4.78, 5) is 26.2. The van der Waals surface area contributed by atoms with E-state index in [0.29, 0.717) is 11.0 Å². The Labute approximate surface area is 148 Å². The Hall–Kier alpha value is -3.22. The van der Waals surface area contributed by atoms with Gasteiger partial charge in [0.1, 0.15) is 6.07 Å². The standard InChI is InChI=1S/C17H14N4O4S/c18-11-12-5-1-4-8-15(12)26(24,25)19-9-10-21-14-7-3-2-6-13(14)20-16(22)17(21)23/h1-8,19H,9-10H2,(H,20,22). The SMILES string of the molecule is N#Cc1ccccc1S(=O)(=O)NCCn1c(=O)c(=O)[nH]c2ccccc21. The van der Waals surface area contributed by atoms with E-state index in [9.17, 15) is 18.0 Å². The number of hydrogen-bond acceptors (Lipinski definition) is 5. The number of para-hydroxylation sites is 2. The molecule has 1 aromatic heterocycles. The third-order valence-electron chi connectivity index (χ3n) is 3.81. The quantitative estimate of drug-likeness (QED) is 0.634. The van der Waals surface area contributed by atoms with Gasteiger partial charge in [0.05, 0.1) is 21.5 Å². The number of fused-ring (bicyclic) bond motifs is 1. The summed E-state index contributed by atoms with van der Waals surface area (Å²) < 4.78 is 28.4. The largest absolute Gasteiger partial charge is 0.316 e. The van der Waals surface area contributed by atoms with Crippen molar-refractivity contribution in [2.24, 2.45) is 0 Å². The van der Waals surface area contributed by atoms with Crippen molar-refractivity contribution in [1.82, 2.24) is 14.3 Å². The van der Waals surface area contributed by atoms with Crippen LogP contribution in [0.4, 0.5) is 0 Å². The molecule has 0 amide bonds. The summed E-state index contributed by atoms with van der Waals surface area (Å²) in [7, 11) is -3.92. The zero-order valence-corrected chi connectivity index (χ0v) is 14.3. The third kappa shape index (κ3) is 3.28. The van der Waals surface area contributed by atoms with E-state index in [0.717, 1.165) is 0 Å². The Balaban J connectivity index is 1.88. The monoisotopic (exact) mass is 370 g/mol. The first-order chi connectivity index (χ1) is 12.4. The highest BCUT2D eigenvalue weighted by atomic mass is 32.2. The van der Waals surface area contributed by atoms with Crippen molar-refractivity contribution >= 4 is 21.1 Å². The predicted octanol–water partition coefficient (Wildman–Crippen LogP) is 0.540. The molecule has 3 rings (SSSR count). The minimum absolute atomic E-state index is 0.0266. The fourth-order valence-electron chi connectivity index (χ4n) is 2.61.